The van der Waals surface area contributed by atoms with E-state index in [1.807, 2.05) is 12.1 Å². The molecule has 0 aromatic heterocycles. The molecule has 42 heavy (non-hydrogen) atoms. The summed E-state index contributed by atoms with van der Waals surface area (Å²) in [5, 5.41) is 0. The average Bonchev–Trinajstić information content (AvgIpc) is 2.94. The smallest absolute Gasteiger partial charge is 0.446 e. The highest BCUT2D eigenvalue weighted by molar-refractivity contribution is 7.89. The summed E-state index contributed by atoms with van der Waals surface area (Å²) in [6.07, 6.45) is -3.34. The van der Waals surface area contributed by atoms with Crippen molar-refractivity contribution in [3.63, 3.8) is 0 Å². The summed E-state index contributed by atoms with van der Waals surface area (Å²) in [6, 6.07) is 12.1. The van der Waals surface area contributed by atoms with E-state index in [1.165, 1.54) is 11.4 Å². The molecule has 234 valence electrons. The second-order valence-corrected chi connectivity index (χ2v) is 12.5. The molecule has 13 heteroatoms. The third kappa shape index (κ3) is 9.43. The summed E-state index contributed by atoms with van der Waals surface area (Å²) < 4.78 is 64.2. The van der Waals surface area contributed by atoms with Gasteiger partial charge in [-0.25, -0.2) is 12.7 Å². The van der Waals surface area contributed by atoms with Crippen molar-refractivity contribution in [3.8, 4) is 5.75 Å². The number of nitrogens with zero attached hydrogens (tertiary/aromatic N) is 4. The summed E-state index contributed by atoms with van der Waals surface area (Å²) >= 11 is 0. The molecule has 0 atom stereocenters. The second kappa shape index (κ2) is 14.8. The first-order chi connectivity index (χ1) is 19.5. The molecule has 2 aromatic carbocycles. The number of ether oxygens (including phenoxy) is 1. The van der Waals surface area contributed by atoms with Crippen LogP contribution >= 0.6 is 0 Å². The number of aldehydes is 1. The standard InChI is InChI=1S/C27H40N4O4S.C2HF3O/c1-20-18-25(35-7)19-21(2)27(20)36(33,34)29(5)15-14-26(32)30(6)23-8-10-24(11-9-23)31-16-12-22(13-17-31)28(3)4;3-2(4,5)1-6/h8-11,18-19,22H,12-17H2,1-7H3;1H. The number of carbonyl (C=O) groups excluding carboxylic acids is 2. The minimum Gasteiger partial charge on any atom is -0.497 e. The van der Waals surface area contributed by atoms with Crippen molar-refractivity contribution in [2.24, 2.45) is 0 Å². The van der Waals surface area contributed by atoms with Gasteiger partial charge >= 0.3 is 6.18 Å². The molecular weight excluding hydrogens is 573 g/mol. The van der Waals surface area contributed by atoms with E-state index in [-0.39, 0.29) is 23.8 Å². The van der Waals surface area contributed by atoms with Gasteiger partial charge in [-0.05, 0) is 88.3 Å². The Hall–Kier alpha value is -3.16. The van der Waals surface area contributed by atoms with Crippen molar-refractivity contribution < 1.29 is 35.9 Å². The number of rotatable bonds is 9. The van der Waals surface area contributed by atoms with E-state index in [0.717, 1.165) is 37.3 Å². The Bertz CT molecular complexity index is 1290. The van der Waals surface area contributed by atoms with Crippen LogP contribution in [0.2, 0.25) is 0 Å². The number of piperidine rings is 1. The van der Waals surface area contributed by atoms with Crippen LogP contribution in [0.1, 0.15) is 30.4 Å². The zero-order chi connectivity index (χ0) is 31.8. The molecule has 0 saturated carbocycles. The highest BCUT2D eigenvalue weighted by Gasteiger charge is 2.27. The van der Waals surface area contributed by atoms with Crippen molar-refractivity contribution in [1.29, 1.82) is 0 Å². The Morgan fingerprint density at radius 3 is 1.95 bits per heavy atom. The number of anilines is 2. The fraction of sp³-hybridized carbons (Fsp3) is 0.517. The largest absolute Gasteiger partial charge is 0.497 e. The number of alkyl halides is 3. The number of aryl methyl sites for hydroxylation is 2. The SMILES string of the molecule is COc1cc(C)c(S(=O)(=O)N(C)CCC(=O)N(C)c2ccc(N3CCC(N(C)C)CC3)cc2)c(C)c1.O=CC(F)(F)F. The number of methoxy groups -OCH3 is 1. The van der Waals surface area contributed by atoms with E-state index in [1.54, 1.807) is 45.0 Å². The van der Waals surface area contributed by atoms with Gasteiger partial charge in [-0.15, -0.1) is 0 Å². The van der Waals surface area contributed by atoms with Gasteiger partial charge in [0, 0.05) is 57.6 Å². The first-order valence-electron chi connectivity index (χ1n) is 13.4. The topological polar surface area (TPSA) is 90.5 Å². The van der Waals surface area contributed by atoms with Crippen LogP contribution in [0.15, 0.2) is 41.3 Å². The molecule has 0 aliphatic carbocycles. The number of amides is 1. The lowest BCUT2D eigenvalue weighted by Crippen LogP contribution is -2.42. The number of halogens is 3. The lowest BCUT2D eigenvalue weighted by Gasteiger charge is -2.36. The summed E-state index contributed by atoms with van der Waals surface area (Å²) in [5.41, 5.74) is 3.19. The summed E-state index contributed by atoms with van der Waals surface area (Å²) in [6.45, 7) is 5.64. The van der Waals surface area contributed by atoms with Gasteiger partial charge in [-0.2, -0.15) is 13.2 Å². The van der Waals surface area contributed by atoms with Crippen LogP contribution in [-0.2, 0) is 19.6 Å². The van der Waals surface area contributed by atoms with E-state index >= 15 is 0 Å². The van der Waals surface area contributed by atoms with Crippen LogP contribution in [0.4, 0.5) is 24.5 Å². The first kappa shape index (κ1) is 35.0. The molecule has 9 nitrogen and oxygen atoms in total. The summed E-state index contributed by atoms with van der Waals surface area (Å²) in [4.78, 5) is 28.1. The number of sulfonamides is 1. The van der Waals surface area contributed by atoms with Crippen LogP contribution in [0.3, 0.4) is 0 Å². The van der Waals surface area contributed by atoms with Gasteiger partial charge < -0.3 is 19.4 Å². The molecule has 0 radical (unpaired) electrons. The maximum atomic E-state index is 13.2. The van der Waals surface area contributed by atoms with Gasteiger partial charge in [0.15, 0.2) is 0 Å². The second-order valence-electron chi connectivity index (χ2n) is 10.5. The van der Waals surface area contributed by atoms with Gasteiger partial charge in [0.1, 0.15) is 5.75 Å². The minimum atomic E-state index is -4.64. The Morgan fingerprint density at radius 1 is 1.02 bits per heavy atom. The number of hydrogen-bond acceptors (Lipinski definition) is 7. The Kier molecular flexibility index (Phi) is 12.4. The van der Waals surface area contributed by atoms with Crippen LogP contribution in [0, 0.1) is 13.8 Å². The fourth-order valence-corrected chi connectivity index (χ4v) is 6.38. The van der Waals surface area contributed by atoms with Crippen molar-refractivity contribution in [1.82, 2.24) is 9.21 Å². The summed E-state index contributed by atoms with van der Waals surface area (Å²) in [5.74, 6) is 0.479. The molecule has 0 unspecified atom stereocenters. The van der Waals surface area contributed by atoms with E-state index < -0.39 is 22.5 Å². The van der Waals surface area contributed by atoms with Crippen molar-refractivity contribution in [2.45, 2.75) is 50.2 Å². The molecule has 0 bridgehead atoms. The third-order valence-corrected chi connectivity index (χ3v) is 9.45. The van der Waals surface area contributed by atoms with Crippen molar-refractivity contribution in [3.05, 3.63) is 47.5 Å². The Labute approximate surface area is 246 Å². The van der Waals surface area contributed by atoms with Gasteiger partial charge in [0.05, 0.1) is 12.0 Å². The van der Waals surface area contributed by atoms with Crippen LogP contribution < -0.4 is 14.5 Å². The molecule has 1 amide bonds. The molecule has 1 aliphatic rings. The Morgan fingerprint density at radius 2 is 1.52 bits per heavy atom. The van der Waals surface area contributed by atoms with E-state index in [0.29, 0.717) is 22.9 Å². The Balaban J connectivity index is 0.000000928. The lowest BCUT2D eigenvalue weighted by atomic mass is 10.0. The normalized spacial score (nSPS) is 14.4. The fourth-order valence-electron chi connectivity index (χ4n) is 4.80. The van der Waals surface area contributed by atoms with Crippen LogP contribution in [-0.4, -0.2) is 97.0 Å². The lowest BCUT2D eigenvalue weighted by molar-refractivity contribution is -0.156. The molecular formula is C29H41F3N4O5S. The number of hydrogen-bond donors (Lipinski definition) is 0. The molecule has 3 rings (SSSR count). The molecule has 0 spiro atoms. The van der Waals surface area contributed by atoms with E-state index in [4.69, 9.17) is 9.53 Å². The quantitative estimate of drug-likeness (QED) is 0.390. The minimum absolute atomic E-state index is 0.0836. The van der Waals surface area contributed by atoms with Crippen molar-refractivity contribution in [2.75, 3.05) is 64.7 Å². The van der Waals surface area contributed by atoms with Crippen molar-refractivity contribution >= 4 is 33.6 Å². The molecule has 1 saturated heterocycles. The van der Waals surface area contributed by atoms with Gasteiger partial charge in [-0.1, -0.05) is 0 Å². The maximum Gasteiger partial charge on any atom is 0.446 e. The predicted octanol–water partition coefficient (Wildman–Crippen LogP) is 4.26. The van der Waals surface area contributed by atoms with Gasteiger partial charge in [0.25, 0.3) is 0 Å². The number of benzene rings is 2. The van der Waals surface area contributed by atoms with E-state index in [9.17, 15) is 26.4 Å². The molecule has 0 N–H and O–H groups in total. The van der Waals surface area contributed by atoms with E-state index in [2.05, 4.69) is 36.0 Å². The number of carbonyl (C=O) groups is 2. The zero-order valence-corrected chi connectivity index (χ0v) is 26.1. The third-order valence-electron chi connectivity index (χ3n) is 7.28. The summed E-state index contributed by atoms with van der Waals surface area (Å²) in [7, 11) is 5.33. The highest BCUT2D eigenvalue weighted by Crippen LogP contribution is 2.28. The average molecular weight is 615 g/mol. The predicted molar refractivity (Wildman–Crippen MR) is 158 cm³/mol. The molecule has 1 aliphatic heterocycles. The molecule has 1 fully saturated rings. The zero-order valence-electron chi connectivity index (χ0n) is 25.2. The maximum absolute atomic E-state index is 13.2. The van der Waals surface area contributed by atoms with Gasteiger partial charge in [0.2, 0.25) is 22.2 Å². The van der Waals surface area contributed by atoms with Gasteiger partial charge in [-0.3, -0.25) is 9.59 Å². The van der Waals surface area contributed by atoms with Crippen LogP contribution in [0.5, 0.6) is 5.75 Å². The first-order valence-corrected chi connectivity index (χ1v) is 14.9. The monoisotopic (exact) mass is 614 g/mol. The highest BCUT2D eigenvalue weighted by atomic mass is 32.2. The van der Waals surface area contributed by atoms with Crippen LogP contribution in [0.25, 0.3) is 0 Å². The molecule has 2 aromatic rings. The molecule has 1 heterocycles.